The van der Waals surface area contributed by atoms with Crippen LogP contribution < -0.4 is 5.32 Å². The fourth-order valence-electron chi connectivity index (χ4n) is 4.55. The predicted octanol–water partition coefficient (Wildman–Crippen LogP) is 2.84. The molecule has 1 atom stereocenters. The third-order valence-electron chi connectivity index (χ3n) is 6.58. The Balaban J connectivity index is 1.50. The summed E-state index contributed by atoms with van der Waals surface area (Å²) in [6, 6.07) is 10.7. The summed E-state index contributed by atoms with van der Waals surface area (Å²) in [6.45, 7) is 1.31. The van der Waals surface area contributed by atoms with Gasteiger partial charge in [0, 0.05) is 25.6 Å². The van der Waals surface area contributed by atoms with Crippen molar-refractivity contribution in [2.24, 2.45) is 0 Å². The van der Waals surface area contributed by atoms with Crippen molar-refractivity contribution in [1.29, 1.82) is 0 Å². The van der Waals surface area contributed by atoms with E-state index in [9.17, 15) is 27.2 Å². The lowest BCUT2D eigenvalue weighted by atomic mass is 10.1. The second-order valence-electron chi connectivity index (χ2n) is 8.94. The van der Waals surface area contributed by atoms with Crippen LogP contribution in [0.3, 0.4) is 0 Å². The highest BCUT2D eigenvalue weighted by Crippen LogP contribution is 2.30. The molecule has 0 radical (unpaired) electrons. The van der Waals surface area contributed by atoms with Crippen molar-refractivity contribution in [3.63, 3.8) is 0 Å². The van der Waals surface area contributed by atoms with Crippen molar-refractivity contribution >= 4 is 27.7 Å². The van der Waals surface area contributed by atoms with Crippen LogP contribution in [0.2, 0.25) is 0 Å². The summed E-state index contributed by atoms with van der Waals surface area (Å²) < 4.78 is 39.7. The summed E-state index contributed by atoms with van der Waals surface area (Å²) in [4.78, 5) is 40.2. The van der Waals surface area contributed by atoms with Crippen LogP contribution in [0, 0.1) is 5.82 Å². The number of benzene rings is 2. The van der Waals surface area contributed by atoms with Crippen LogP contribution in [0.5, 0.6) is 0 Å². The minimum absolute atomic E-state index is 0.0410. The lowest BCUT2D eigenvalue weighted by molar-refractivity contribution is -0.140. The molecule has 2 aromatic rings. The molecule has 1 N–H and O–H groups in total. The van der Waals surface area contributed by atoms with Gasteiger partial charge in [-0.1, -0.05) is 37.1 Å². The molecular formula is C25H28FN3O5S. The molecule has 1 fully saturated rings. The van der Waals surface area contributed by atoms with E-state index in [-0.39, 0.29) is 41.9 Å². The molecular weight excluding hydrogens is 473 g/mol. The van der Waals surface area contributed by atoms with Crippen LogP contribution in [0.4, 0.5) is 4.39 Å². The van der Waals surface area contributed by atoms with Crippen molar-refractivity contribution in [3.05, 3.63) is 65.5 Å². The maximum absolute atomic E-state index is 13.4. The molecule has 0 spiro atoms. The monoisotopic (exact) mass is 501 g/mol. The van der Waals surface area contributed by atoms with Gasteiger partial charge < -0.3 is 10.2 Å². The minimum atomic E-state index is -4.04. The fraction of sp³-hybridized carbons (Fsp3) is 0.400. The van der Waals surface area contributed by atoms with Gasteiger partial charge in [-0.25, -0.2) is 17.1 Å². The van der Waals surface area contributed by atoms with E-state index in [4.69, 9.17) is 0 Å². The molecule has 2 aromatic carbocycles. The molecule has 10 heteroatoms. The zero-order valence-electron chi connectivity index (χ0n) is 19.4. The van der Waals surface area contributed by atoms with E-state index < -0.39 is 33.7 Å². The number of halogens is 1. The van der Waals surface area contributed by atoms with E-state index in [1.54, 1.807) is 13.0 Å². The Kier molecular flexibility index (Phi) is 7.20. The summed E-state index contributed by atoms with van der Waals surface area (Å²) in [5.74, 6) is -1.88. The van der Waals surface area contributed by atoms with Crippen LogP contribution in [-0.2, 0) is 26.2 Å². The molecule has 0 saturated heterocycles. The number of rotatable bonds is 8. The molecule has 1 heterocycles. The molecule has 35 heavy (non-hydrogen) atoms. The first-order valence-electron chi connectivity index (χ1n) is 11.7. The van der Waals surface area contributed by atoms with E-state index in [1.807, 2.05) is 0 Å². The molecule has 186 valence electrons. The van der Waals surface area contributed by atoms with E-state index in [0.717, 1.165) is 25.7 Å². The standard InChI is InChI=1S/C25H28FN3O5S/c1-17(24(31)27-20-6-2-3-7-20)28(16-18-10-12-19(26)13-11-18)23(30)14-15-29-25(32)21-8-4-5-9-22(21)35(29,33)34/h4-5,8-13,17,20H,2-3,6-7,14-16H2,1H3,(H,27,31)/t17-/m1/s1. The lowest BCUT2D eigenvalue weighted by Crippen LogP contribution is -2.50. The van der Waals surface area contributed by atoms with Gasteiger partial charge >= 0.3 is 0 Å². The van der Waals surface area contributed by atoms with Gasteiger partial charge in [0.25, 0.3) is 15.9 Å². The molecule has 0 bridgehead atoms. The average Bonchev–Trinajstić information content (AvgIpc) is 3.42. The second-order valence-corrected chi connectivity index (χ2v) is 10.8. The number of nitrogens with zero attached hydrogens (tertiary/aromatic N) is 2. The molecule has 2 aliphatic rings. The van der Waals surface area contributed by atoms with Crippen molar-refractivity contribution in [2.75, 3.05) is 6.54 Å². The van der Waals surface area contributed by atoms with Gasteiger partial charge in [0.2, 0.25) is 11.8 Å². The number of hydrogen-bond donors (Lipinski definition) is 1. The van der Waals surface area contributed by atoms with Gasteiger partial charge in [-0.2, -0.15) is 0 Å². The number of nitrogens with one attached hydrogen (secondary N) is 1. The highest BCUT2D eigenvalue weighted by Gasteiger charge is 2.41. The summed E-state index contributed by atoms with van der Waals surface area (Å²) in [5.41, 5.74) is 0.699. The Morgan fingerprint density at radius 2 is 1.77 bits per heavy atom. The van der Waals surface area contributed by atoms with E-state index in [0.29, 0.717) is 9.87 Å². The van der Waals surface area contributed by atoms with Gasteiger partial charge in [0.15, 0.2) is 0 Å². The molecule has 1 aliphatic carbocycles. The summed E-state index contributed by atoms with van der Waals surface area (Å²) in [5, 5.41) is 2.98. The van der Waals surface area contributed by atoms with Gasteiger partial charge in [0.1, 0.15) is 16.8 Å². The van der Waals surface area contributed by atoms with Crippen LogP contribution in [0.1, 0.15) is 54.9 Å². The zero-order chi connectivity index (χ0) is 25.2. The maximum atomic E-state index is 13.4. The van der Waals surface area contributed by atoms with Gasteiger partial charge in [-0.3, -0.25) is 14.4 Å². The highest BCUT2D eigenvalue weighted by molar-refractivity contribution is 7.90. The molecule has 4 rings (SSSR count). The average molecular weight is 502 g/mol. The Hall–Kier alpha value is -3.27. The number of hydrogen-bond acceptors (Lipinski definition) is 5. The molecule has 0 aromatic heterocycles. The first-order chi connectivity index (χ1) is 16.7. The minimum Gasteiger partial charge on any atom is -0.352 e. The smallest absolute Gasteiger partial charge is 0.269 e. The van der Waals surface area contributed by atoms with Crippen molar-refractivity contribution in [2.45, 2.75) is 62.6 Å². The molecule has 1 saturated carbocycles. The molecule has 3 amide bonds. The predicted molar refractivity (Wildman–Crippen MR) is 126 cm³/mol. The maximum Gasteiger partial charge on any atom is 0.269 e. The number of amides is 3. The Labute approximate surface area is 204 Å². The SMILES string of the molecule is C[C@H](C(=O)NC1CCCC1)N(Cc1ccc(F)cc1)C(=O)CCN1C(=O)c2ccccc2S1(=O)=O. The highest BCUT2D eigenvalue weighted by atomic mass is 32.2. The van der Waals surface area contributed by atoms with Crippen molar-refractivity contribution < 1.29 is 27.2 Å². The Morgan fingerprint density at radius 3 is 2.43 bits per heavy atom. The molecule has 1 aliphatic heterocycles. The van der Waals surface area contributed by atoms with E-state index >= 15 is 0 Å². The van der Waals surface area contributed by atoms with Gasteiger partial charge in [-0.05, 0) is 49.6 Å². The molecule has 8 nitrogen and oxygen atoms in total. The zero-order valence-corrected chi connectivity index (χ0v) is 20.3. The van der Waals surface area contributed by atoms with Crippen molar-refractivity contribution in [1.82, 2.24) is 14.5 Å². The number of carbonyl (C=O) groups excluding carboxylic acids is 3. The fourth-order valence-corrected chi connectivity index (χ4v) is 6.12. The lowest BCUT2D eigenvalue weighted by Gasteiger charge is -2.30. The van der Waals surface area contributed by atoms with Crippen LogP contribution in [0.15, 0.2) is 53.4 Å². The van der Waals surface area contributed by atoms with Gasteiger partial charge in [0.05, 0.1) is 5.56 Å². The van der Waals surface area contributed by atoms with Crippen LogP contribution >= 0.6 is 0 Å². The quantitative estimate of drug-likeness (QED) is 0.599. The van der Waals surface area contributed by atoms with Crippen LogP contribution in [0.25, 0.3) is 0 Å². The number of sulfonamides is 1. The largest absolute Gasteiger partial charge is 0.352 e. The second kappa shape index (κ2) is 10.2. The van der Waals surface area contributed by atoms with Crippen molar-refractivity contribution in [3.8, 4) is 0 Å². The molecule has 0 unspecified atom stereocenters. The Morgan fingerprint density at radius 1 is 1.11 bits per heavy atom. The third kappa shape index (κ3) is 5.22. The summed E-state index contributed by atoms with van der Waals surface area (Å²) in [6.07, 6.45) is 3.57. The van der Waals surface area contributed by atoms with E-state index in [2.05, 4.69) is 5.32 Å². The normalized spacial score (nSPS) is 17.8. The third-order valence-corrected chi connectivity index (χ3v) is 8.42. The van der Waals surface area contributed by atoms with Crippen LogP contribution in [-0.4, -0.2) is 54.0 Å². The Bertz CT molecular complexity index is 1230. The topological polar surface area (TPSA) is 104 Å². The summed E-state index contributed by atoms with van der Waals surface area (Å²) in [7, 11) is -4.04. The van der Waals surface area contributed by atoms with Gasteiger partial charge in [-0.15, -0.1) is 0 Å². The summed E-state index contributed by atoms with van der Waals surface area (Å²) >= 11 is 0. The number of fused-ring (bicyclic) bond motifs is 1. The number of carbonyl (C=O) groups is 3. The van der Waals surface area contributed by atoms with E-state index in [1.165, 1.54) is 47.4 Å². The first-order valence-corrected chi connectivity index (χ1v) is 13.1. The first kappa shape index (κ1) is 24.8.